The first-order valence-corrected chi connectivity index (χ1v) is 8.40. The molecule has 2 atom stereocenters. The summed E-state index contributed by atoms with van der Waals surface area (Å²) in [5.74, 6) is 0.889. The lowest BCUT2D eigenvalue weighted by Crippen LogP contribution is -2.50. The van der Waals surface area contributed by atoms with Crippen molar-refractivity contribution in [2.45, 2.75) is 63.3 Å². The molecule has 2 aliphatic rings. The summed E-state index contributed by atoms with van der Waals surface area (Å²) in [4.78, 5) is 14.0. The van der Waals surface area contributed by atoms with Crippen LogP contribution in [0, 0.1) is 11.8 Å². The Labute approximate surface area is 130 Å². The van der Waals surface area contributed by atoms with E-state index >= 15 is 0 Å². The number of nitrogens with two attached hydrogens (primary N) is 1. The van der Waals surface area contributed by atoms with Gasteiger partial charge in [-0.3, -0.25) is 4.79 Å². The van der Waals surface area contributed by atoms with Crippen LogP contribution in [0.5, 0.6) is 0 Å². The van der Waals surface area contributed by atoms with Crippen LogP contribution in [-0.4, -0.2) is 44.5 Å². The molecular weight excluding hydrogens is 263 g/mol. The van der Waals surface area contributed by atoms with Gasteiger partial charge in [0.2, 0.25) is 0 Å². The predicted octanol–water partition coefficient (Wildman–Crippen LogP) is 2.01. The van der Waals surface area contributed by atoms with Crippen LogP contribution in [0.4, 0.5) is 0 Å². The molecule has 2 radical (unpaired) electrons. The van der Waals surface area contributed by atoms with E-state index in [0.717, 1.165) is 38.3 Å². The predicted molar refractivity (Wildman–Crippen MR) is 84.8 cm³/mol. The second-order valence-corrected chi connectivity index (χ2v) is 7.04. The molecule has 0 bridgehead atoms. The van der Waals surface area contributed by atoms with Gasteiger partial charge in [0, 0.05) is 0 Å². The number of hydrogen-bond acceptors (Lipinski definition) is 4. The Kier molecular flexibility index (Phi) is 6.12. The first-order chi connectivity index (χ1) is 10.0. The highest BCUT2D eigenvalue weighted by Gasteiger charge is 2.39. The number of esters is 1. The van der Waals surface area contributed by atoms with E-state index in [1.54, 1.807) is 0 Å². The third-order valence-electron chi connectivity index (χ3n) is 5.29. The lowest BCUT2D eigenvalue weighted by atomic mass is 9.78. The fourth-order valence-electron chi connectivity index (χ4n) is 3.97. The molecule has 1 saturated carbocycles. The Morgan fingerprint density at radius 3 is 2.57 bits per heavy atom. The maximum atomic E-state index is 12.2. The number of carbonyl (C=O) groups is 1. The average Bonchev–Trinajstić information content (AvgIpc) is 2.90. The summed E-state index contributed by atoms with van der Waals surface area (Å²) in [7, 11) is 7.26. The molecule has 0 amide bonds. The van der Waals surface area contributed by atoms with Gasteiger partial charge in [-0.05, 0) is 50.6 Å². The van der Waals surface area contributed by atoms with Gasteiger partial charge < -0.3 is 15.3 Å². The monoisotopic (exact) mass is 292 g/mol. The lowest BCUT2D eigenvalue weighted by molar-refractivity contribution is -0.148. The molecule has 2 fully saturated rings. The van der Waals surface area contributed by atoms with Gasteiger partial charge in [-0.2, -0.15) is 0 Å². The molecule has 1 saturated heterocycles. The van der Waals surface area contributed by atoms with Gasteiger partial charge in [0.25, 0.3) is 0 Å². The van der Waals surface area contributed by atoms with Gasteiger partial charge in [0.15, 0.2) is 7.98 Å². The van der Waals surface area contributed by atoms with E-state index in [1.165, 1.54) is 39.2 Å². The van der Waals surface area contributed by atoms with Gasteiger partial charge >= 0.3 is 5.97 Å². The number of methoxy groups -OCH3 is 1. The Bertz CT molecular complexity index is 347. The lowest BCUT2D eigenvalue weighted by Gasteiger charge is -2.31. The van der Waals surface area contributed by atoms with Crippen LogP contribution in [0.1, 0.15) is 57.8 Å². The first-order valence-electron chi connectivity index (χ1n) is 8.40. The number of ether oxygens (including phenoxy) is 1. The smallest absolute Gasteiger partial charge is 0.325 e. The van der Waals surface area contributed by atoms with Gasteiger partial charge in [-0.15, -0.1) is 0 Å². The minimum absolute atomic E-state index is 0.256. The Hall–Kier alpha value is -0.545. The molecule has 1 heterocycles. The highest BCUT2D eigenvalue weighted by molar-refractivity contribution is 6.04. The zero-order valence-electron chi connectivity index (χ0n) is 13.4. The van der Waals surface area contributed by atoms with Crippen LogP contribution >= 0.6 is 0 Å². The van der Waals surface area contributed by atoms with E-state index < -0.39 is 5.54 Å². The molecule has 0 spiro atoms. The Morgan fingerprint density at radius 2 is 2.00 bits per heavy atom. The van der Waals surface area contributed by atoms with Gasteiger partial charge in [0.05, 0.1) is 7.11 Å². The topological polar surface area (TPSA) is 55.6 Å². The van der Waals surface area contributed by atoms with Crippen LogP contribution in [0.25, 0.3) is 0 Å². The number of hydrogen-bond donors (Lipinski definition) is 1. The molecule has 0 aromatic heterocycles. The minimum Gasteiger partial charge on any atom is -0.468 e. The van der Waals surface area contributed by atoms with Crippen molar-refractivity contribution in [3.63, 3.8) is 0 Å². The van der Waals surface area contributed by atoms with Gasteiger partial charge in [-0.25, -0.2) is 0 Å². The van der Waals surface area contributed by atoms with Crippen LogP contribution in [0.15, 0.2) is 0 Å². The van der Waals surface area contributed by atoms with Gasteiger partial charge in [-0.1, -0.05) is 32.1 Å². The Balaban J connectivity index is 1.90. The molecule has 2 rings (SSSR count). The number of rotatable bonds is 6. The fourth-order valence-corrected chi connectivity index (χ4v) is 3.97. The molecule has 5 heteroatoms. The molecule has 1 aliphatic heterocycles. The molecule has 21 heavy (non-hydrogen) atoms. The molecule has 2 N–H and O–H groups in total. The summed E-state index contributed by atoms with van der Waals surface area (Å²) in [5.41, 5.74) is 5.63. The average molecular weight is 292 g/mol. The number of carbonyl (C=O) groups excluding carboxylic acids is 1. The maximum absolute atomic E-state index is 12.2. The quantitative estimate of drug-likeness (QED) is 0.601. The summed E-state index contributed by atoms with van der Waals surface area (Å²) in [6, 6.07) is 0. The van der Waals surface area contributed by atoms with Gasteiger partial charge in [0.1, 0.15) is 5.54 Å². The fraction of sp³-hybridized carbons (Fsp3) is 0.938. The third-order valence-corrected chi connectivity index (χ3v) is 5.29. The van der Waals surface area contributed by atoms with Crippen molar-refractivity contribution in [1.82, 2.24) is 4.81 Å². The summed E-state index contributed by atoms with van der Waals surface area (Å²) < 4.78 is 4.98. The van der Waals surface area contributed by atoms with E-state index in [9.17, 15) is 4.79 Å². The van der Waals surface area contributed by atoms with Crippen LogP contribution in [0.3, 0.4) is 0 Å². The van der Waals surface area contributed by atoms with Crippen LogP contribution < -0.4 is 5.73 Å². The zero-order valence-corrected chi connectivity index (χ0v) is 13.4. The second-order valence-electron chi connectivity index (χ2n) is 7.04. The van der Waals surface area contributed by atoms with E-state index in [0.29, 0.717) is 12.3 Å². The van der Waals surface area contributed by atoms with E-state index in [2.05, 4.69) is 0 Å². The molecular formula is C16H29BN2O2. The SMILES string of the molecule is [B]N1CCC(CC(N)(CCC2CCCCC2)C(=O)OC)C1. The maximum Gasteiger partial charge on any atom is 0.325 e. The summed E-state index contributed by atoms with van der Waals surface area (Å²) >= 11 is 0. The summed E-state index contributed by atoms with van der Waals surface area (Å²) in [6.07, 6.45) is 10.1. The molecule has 2 unspecified atom stereocenters. The summed E-state index contributed by atoms with van der Waals surface area (Å²) in [6.45, 7) is 1.73. The van der Waals surface area contributed by atoms with E-state index in [1.807, 2.05) is 4.81 Å². The van der Waals surface area contributed by atoms with Crippen molar-refractivity contribution in [1.29, 1.82) is 0 Å². The third kappa shape index (κ3) is 4.72. The number of nitrogens with zero attached hydrogens (tertiary/aromatic N) is 1. The first kappa shape index (κ1) is 16.8. The van der Waals surface area contributed by atoms with Crippen LogP contribution in [-0.2, 0) is 9.53 Å². The Morgan fingerprint density at radius 1 is 1.29 bits per heavy atom. The van der Waals surface area contributed by atoms with Crippen molar-refractivity contribution >= 4 is 14.0 Å². The van der Waals surface area contributed by atoms with Crippen LogP contribution in [0.2, 0.25) is 0 Å². The van der Waals surface area contributed by atoms with E-state index in [4.69, 9.17) is 18.5 Å². The molecule has 0 aromatic carbocycles. The molecule has 4 nitrogen and oxygen atoms in total. The molecule has 1 aliphatic carbocycles. The normalized spacial score (nSPS) is 27.4. The van der Waals surface area contributed by atoms with Crippen molar-refractivity contribution in [2.24, 2.45) is 17.6 Å². The highest BCUT2D eigenvalue weighted by atomic mass is 16.5. The largest absolute Gasteiger partial charge is 0.468 e. The van der Waals surface area contributed by atoms with Crippen molar-refractivity contribution in [2.75, 3.05) is 20.2 Å². The van der Waals surface area contributed by atoms with Crippen molar-refractivity contribution < 1.29 is 9.53 Å². The second kappa shape index (κ2) is 7.64. The van der Waals surface area contributed by atoms with Crippen molar-refractivity contribution in [3.05, 3.63) is 0 Å². The van der Waals surface area contributed by atoms with Crippen molar-refractivity contribution in [3.8, 4) is 0 Å². The molecule has 118 valence electrons. The zero-order chi connectivity index (χ0) is 15.3. The molecule has 0 aromatic rings. The summed E-state index contributed by atoms with van der Waals surface area (Å²) in [5, 5.41) is 0. The van der Waals surface area contributed by atoms with E-state index in [-0.39, 0.29) is 5.97 Å². The minimum atomic E-state index is -0.831. The highest BCUT2D eigenvalue weighted by Crippen LogP contribution is 2.32. The standard InChI is InChI=1S/C16H29BN2O2/c1-21-15(20)16(18,11-14-8-10-19(17)12-14)9-7-13-5-3-2-4-6-13/h13-14H,2-12,18H2,1H3.